The minimum atomic E-state index is -0.115. The molecule has 0 aliphatic carbocycles. The number of aromatic nitrogens is 2. The lowest BCUT2D eigenvalue weighted by Crippen LogP contribution is -2.30. The van der Waals surface area contributed by atoms with Crippen molar-refractivity contribution in [2.24, 2.45) is 0 Å². The van der Waals surface area contributed by atoms with Crippen molar-refractivity contribution >= 4 is 23.0 Å². The second-order valence-electron chi connectivity index (χ2n) is 8.16. The average molecular weight is 441 g/mol. The highest BCUT2D eigenvalue weighted by atomic mass is 32.1. The van der Waals surface area contributed by atoms with E-state index in [1.165, 1.54) is 11.1 Å². The number of aryl methyl sites for hydroxylation is 2. The number of nitrogens with one attached hydrogen (secondary N) is 1. The van der Waals surface area contributed by atoms with Crippen LogP contribution in [-0.2, 0) is 0 Å². The van der Waals surface area contributed by atoms with Crippen LogP contribution in [0.2, 0.25) is 0 Å². The van der Waals surface area contributed by atoms with Gasteiger partial charge in [0.1, 0.15) is 11.8 Å². The van der Waals surface area contributed by atoms with Gasteiger partial charge in [-0.25, -0.2) is 0 Å². The van der Waals surface area contributed by atoms with Crippen LogP contribution in [0, 0.1) is 13.8 Å². The molecule has 1 aliphatic heterocycles. The third-order valence-corrected chi connectivity index (χ3v) is 6.11. The van der Waals surface area contributed by atoms with Gasteiger partial charge in [0, 0.05) is 29.5 Å². The van der Waals surface area contributed by atoms with E-state index in [1.54, 1.807) is 12.1 Å². The van der Waals surface area contributed by atoms with Crippen LogP contribution in [0.25, 0.3) is 5.69 Å². The first-order valence-corrected chi connectivity index (χ1v) is 11.0. The van der Waals surface area contributed by atoms with Gasteiger partial charge in [0.05, 0.1) is 11.7 Å². The molecule has 5 rings (SSSR count). The van der Waals surface area contributed by atoms with Gasteiger partial charge < -0.3 is 19.9 Å². The maximum atomic E-state index is 9.75. The lowest BCUT2D eigenvalue weighted by atomic mass is 10.00. The zero-order chi connectivity index (χ0) is 22.2. The van der Waals surface area contributed by atoms with Crippen LogP contribution in [0.4, 0.5) is 5.69 Å². The Balaban J connectivity index is 1.68. The van der Waals surface area contributed by atoms with Crippen LogP contribution >= 0.6 is 12.2 Å². The number of benzene rings is 2. The van der Waals surface area contributed by atoms with Crippen molar-refractivity contribution in [3.05, 3.63) is 108 Å². The highest BCUT2D eigenvalue weighted by Crippen LogP contribution is 2.42. The summed E-state index contributed by atoms with van der Waals surface area (Å²) in [5, 5.41) is 14.0. The summed E-state index contributed by atoms with van der Waals surface area (Å²) in [6.07, 6.45) is 3.86. The molecule has 2 N–H and O–H groups in total. The molecule has 6 heteroatoms. The van der Waals surface area contributed by atoms with Gasteiger partial charge >= 0.3 is 0 Å². The molecule has 0 saturated carbocycles. The fraction of sp³-hybridized carbons (Fsp3) is 0.154. The largest absolute Gasteiger partial charge is 0.508 e. The Hall–Kier alpha value is -3.64. The van der Waals surface area contributed by atoms with Crippen molar-refractivity contribution in [1.29, 1.82) is 0 Å². The molecule has 1 fully saturated rings. The van der Waals surface area contributed by atoms with Crippen LogP contribution in [0.3, 0.4) is 0 Å². The lowest BCUT2D eigenvalue weighted by molar-refractivity contribution is 0.475. The van der Waals surface area contributed by atoms with Gasteiger partial charge in [0.2, 0.25) is 0 Å². The van der Waals surface area contributed by atoms with E-state index in [-0.39, 0.29) is 17.8 Å². The smallest absolute Gasteiger partial charge is 0.174 e. The van der Waals surface area contributed by atoms with E-state index in [0.717, 1.165) is 22.8 Å². The molecule has 32 heavy (non-hydrogen) atoms. The predicted molar refractivity (Wildman–Crippen MR) is 131 cm³/mol. The highest BCUT2D eigenvalue weighted by molar-refractivity contribution is 7.80. The second kappa shape index (κ2) is 8.13. The minimum absolute atomic E-state index is 0.109. The first kappa shape index (κ1) is 20.3. The number of phenolic OH excluding ortho intramolecular Hbond substituents is 1. The summed E-state index contributed by atoms with van der Waals surface area (Å²) in [5.41, 5.74) is 6.43. The molecule has 2 aromatic heterocycles. The maximum absolute atomic E-state index is 9.75. The van der Waals surface area contributed by atoms with E-state index in [1.807, 2.05) is 48.8 Å². The number of anilines is 1. The summed E-state index contributed by atoms with van der Waals surface area (Å²) in [5.74, 6) is 0.245. The number of phenols is 1. The van der Waals surface area contributed by atoms with Gasteiger partial charge in [-0.1, -0.05) is 12.1 Å². The number of rotatable bonds is 4. The Morgan fingerprint density at radius 1 is 0.906 bits per heavy atom. The molecule has 0 amide bonds. The van der Waals surface area contributed by atoms with Crippen molar-refractivity contribution < 1.29 is 5.11 Å². The van der Waals surface area contributed by atoms with Crippen molar-refractivity contribution in [2.45, 2.75) is 25.9 Å². The Bertz CT molecular complexity index is 1250. The van der Waals surface area contributed by atoms with Crippen LogP contribution < -0.4 is 10.2 Å². The fourth-order valence-corrected chi connectivity index (χ4v) is 4.85. The summed E-state index contributed by atoms with van der Waals surface area (Å²) < 4.78 is 2.14. The normalized spacial score (nSPS) is 18.1. The second-order valence-corrected chi connectivity index (χ2v) is 8.55. The summed E-state index contributed by atoms with van der Waals surface area (Å²) in [7, 11) is 0. The first-order chi connectivity index (χ1) is 15.5. The quantitative estimate of drug-likeness (QED) is 0.418. The lowest BCUT2D eigenvalue weighted by Gasteiger charge is -2.29. The van der Waals surface area contributed by atoms with E-state index < -0.39 is 0 Å². The fourth-order valence-electron chi connectivity index (χ4n) is 4.51. The number of nitrogens with zero attached hydrogens (tertiary/aromatic N) is 3. The summed E-state index contributed by atoms with van der Waals surface area (Å²) >= 11 is 5.86. The molecule has 1 saturated heterocycles. The standard InChI is InChI=1S/C26H24N4OS/c1-17-14-18(2)16-20(15-17)30-25(24(28-26(30)32)22-6-3-4-12-27-22)23-7-5-13-29(23)19-8-10-21(31)11-9-19/h3-16,24-25,31H,1-2H3,(H,28,32)/t24-,25+/m0/s1. The molecule has 5 nitrogen and oxygen atoms in total. The van der Waals surface area contributed by atoms with Gasteiger partial charge in [0.25, 0.3) is 0 Å². The summed E-state index contributed by atoms with van der Waals surface area (Å²) in [4.78, 5) is 6.84. The van der Waals surface area contributed by atoms with Crippen molar-refractivity contribution in [2.75, 3.05) is 4.90 Å². The van der Waals surface area contributed by atoms with Gasteiger partial charge in [0.15, 0.2) is 5.11 Å². The van der Waals surface area contributed by atoms with Crippen LogP contribution in [0.15, 0.2) is 85.2 Å². The molecule has 160 valence electrons. The zero-order valence-corrected chi connectivity index (χ0v) is 18.8. The predicted octanol–water partition coefficient (Wildman–Crippen LogP) is 5.37. The number of pyridine rings is 1. The number of hydrogen-bond acceptors (Lipinski definition) is 3. The third kappa shape index (κ3) is 3.63. The highest BCUT2D eigenvalue weighted by Gasteiger charge is 2.42. The van der Waals surface area contributed by atoms with Gasteiger partial charge in [-0.2, -0.15) is 0 Å². The summed E-state index contributed by atoms with van der Waals surface area (Å²) in [6, 6.07) is 23.6. The number of hydrogen-bond donors (Lipinski definition) is 2. The SMILES string of the molecule is Cc1cc(C)cc(N2C(=S)N[C@@H](c3ccccn3)[C@H]2c2cccn2-c2ccc(O)cc2)c1. The summed E-state index contributed by atoms with van der Waals surface area (Å²) in [6.45, 7) is 4.21. The maximum Gasteiger partial charge on any atom is 0.174 e. The van der Waals surface area contributed by atoms with Crippen molar-refractivity contribution in [3.63, 3.8) is 0 Å². The van der Waals surface area contributed by atoms with Gasteiger partial charge in [-0.15, -0.1) is 0 Å². The van der Waals surface area contributed by atoms with Crippen LogP contribution in [-0.4, -0.2) is 19.8 Å². The Morgan fingerprint density at radius 3 is 2.34 bits per heavy atom. The molecule has 4 aromatic rings. The van der Waals surface area contributed by atoms with E-state index in [9.17, 15) is 5.11 Å². The van der Waals surface area contributed by atoms with Gasteiger partial charge in [-0.3, -0.25) is 4.98 Å². The zero-order valence-electron chi connectivity index (χ0n) is 17.9. The molecule has 0 unspecified atom stereocenters. The molecule has 2 aromatic carbocycles. The molecular weight excluding hydrogens is 416 g/mol. The molecule has 1 aliphatic rings. The van der Waals surface area contributed by atoms with Crippen molar-refractivity contribution in [1.82, 2.24) is 14.9 Å². The first-order valence-electron chi connectivity index (χ1n) is 10.6. The molecular formula is C26H24N4OS. The third-order valence-electron chi connectivity index (χ3n) is 5.79. The number of thiocarbonyl (C=S) groups is 1. The van der Waals surface area contributed by atoms with Crippen molar-refractivity contribution in [3.8, 4) is 11.4 Å². The number of aromatic hydroxyl groups is 1. The van der Waals surface area contributed by atoms with Crippen LogP contribution in [0.1, 0.15) is 34.6 Å². The van der Waals surface area contributed by atoms with E-state index >= 15 is 0 Å². The molecule has 0 spiro atoms. The average Bonchev–Trinajstić information content (AvgIpc) is 3.38. The molecule has 0 bridgehead atoms. The van der Waals surface area contributed by atoms with Crippen LogP contribution in [0.5, 0.6) is 5.75 Å². The Morgan fingerprint density at radius 2 is 1.66 bits per heavy atom. The van der Waals surface area contributed by atoms with E-state index in [0.29, 0.717) is 5.11 Å². The molecule has 2 atom stereocenters. The van der Waals surface area contributed by atoms with E-state index in [4.69, 9.17) is 12.2 Å². The van der Waals surface area contributed by atoms with E-state index in [2.05, 4.69) is 57.9 Å². The Labute approximate surface area is 193 Å². The Kier molecular flexibility index (Phi) is 5.15. The van der Waals surface area contributed by atoms with Gasteiger partial charge in [-0.05, 0) is 97.9 Å². The minimum Gasteiger partial charge on any atom is -0.508 e. The monoisotopic (exact) mass is 440 g/mol. The topological polar surface area (TPSA) is 53.3 Å². The molecule has 0 radical (unpaired) electrons. The molecule has 3 heterocycles.